The monoisotopic (exact) mass is 297 g/mol. The van der Waals surface area contributed by atoms with Gasteiger partial charge in [-0.05, 0) is 43.5 Å². The molecule has 1 N–H and O–H groups in total. The van der Waals surface area contributed by atoms with E-state index in [2.05, 4.69) is 15.5 Å². The molecule has 1 amide bonds. The average Bonchev–Trinajstić information content (AvgIpc) is 3.23. The standard InChI is InChI=1S/C16H19N5O/c22-16(20-7-6-12-8-17-9-13(12)11-20)15-10-18-21(19-15)14-4-2-1-3-5-14/h1-5,10,12-13,17H,6-9,11H2. The Labute approximate surface area is 129 Å². The van der Waals surface area contributed by atoms with Crippen LogP contribution in [0.1, 0.15) is 16.9 Å². The predicted octanol–water partition coefficient (Wildman–Crippen LogP) is 0.949. The Kier molecular flexibility index (Phi) is 3.38. The van der Waals surface area contributed by atoms with Gasteiger partial charge >= 0.3 is 0 Å². The van der Waals surface area contributed by atoms with Gasteiger partial charge in [0.1, 0.15) is 0 Å². The van der Waals surface area contributed by atoms with Crippen molar-refractivity contribution in [2.45, 2.75) is 6.42 Å². The second-order valence-electron chi connectivity index (χ2n) is 6.07. The minimum atomic E-state index is -0.00692. The van der Waals surface area contributed by atoms with E-state index in [-0.39, 0.29) is 5.91 Å². The summed E-state index contributed by atoms with van der Waals surface area (Å²) >= 11 is 0. The highest BCUT2D eigenvalue weighted by molar-refractivity contribution is 5.92. The molecule has 22 heavy (non-hydrogen) atoms. The molecule has 0 radical (unpaired) electrons. The van der Waals surface area contributed by atoms with Crippen LogP contribution in [0.4, 0.5) is 0 Å². The molecule has 0 spiro atoms. The van der Waals surface area contributed by atoms with Crippen LogP contribution in [-0.2, 0) is 0 Å². The van der Waals surface area contributed by atoms with E-state index in [4.69, 9.17) is 0 Å². The topological polar surface area (TPSA) is 63.1 Å². The second-order valence-corrected chi connectivity index (χ2v) is 6.07. The molecule has 0 saturated carbocycles. The van der Waals surface area contributed by atoms with E-state index in [1.165, 1.54) is 4.80 Å². The third-order valence-electron chi connectivity index (χ3n) is 4.69. The molecular formula is C16H19N5O. The van der Waals surface area contributed by atoms with Gasteiger partial charge in [0.2, 0.25) is 0 Å². The summed E-state index contributed by atoms with van der Waals surface area (Å²) < 4.78 is 0. The summed E-state index contributed by atoms with van der Waals surface area (Å²) in [6.07, 6.45) is 2.64. The zero-order chi connectivity index (χ0) is 14.9. The van der Waals surface area contributed by atoms with Crippen LogP contribution >= 0.6 is 0 Å². The average molecular weight is 297 g/mol. The normalized spacial score (nSPS) is 24.3. The van der Waals surface area contributed by atoms with Crippen LogP contribution in [0.3, 0.4) is 0 Å². The zero-order valence-corrected chi connectivity index (χ0v) is 12.4. The molecule has 2 atom stereocenters. The Morgan fingerprint density at radius 3 is 2.86 bits per heavy atom. The van der Waals surface area contributed by atoms with Gasteiger partial charge in [-0.2, -0.15) is 9.90 Å². The van der Waals surface area contributed by atoms with Gasteiger partial charge in [-0.15, -0.1) is 5.10 Å². The molecule has 114 valence electrons. The highest BCUT2D eigenvalue weighted by atomic mass is 16.2. The lowest BCUT2D eigenvalue weighted by Gasteiger charge is -2.33. The van der Waals surface area contributed by atoms with E-state index in [9.17, 15) is 4.79 Å². The van der Waals surface area contributed by atoms with Gasteiger partial charge in [0.15, 0.2) is 5.69 Å². The quantitative estimate of drug-likeness (QED) is 0.896. The van der Waals surface area contributed by atoms with Crippen molar-refractivity contribution in [1.29, 1.82) is 0 Å². The first-order valence-electron chi connectivity index (χ1n) is 7.79. The number of nitrogens with zero attached hydrogens (tertiary/aromatic N) is 4. The number of likely N-dealkylation sites (tertiary alicyclic amines) is 1. The van der Waals surface area contributed by atoms with Crippen LogP contribution in [0.25, 0.3) is 5.69 Å². The number of nitrogens with one attached hydrogen (secondary N) is 1. The number of benzene rings is 1. The first-order chi connectivity index (χ1) is 10.8. The van der Waals surface area contributed by atoms with E-state index in [1.807, 2.05) is 35.2 Å². The van der Waals surface area contributed by atoms with E-state index in [0.717, 1.165) is 44.2 Å². The molecule has 2 unspecified atom stereocenters. The van der Waals surface area contributed by atoms with Crippen molar-refractivity contribution < 1.29 is 4.79 Å². The van der Waals surface area contributed by atoms with Crippen LogP contribution in [-0.4, -0.2) is 52.0 Å². The van der Waals surface area contributed by atoms with Gasteiger partial charge in [0.05, 0.1) is 11.9 Å². The molecule has 2 saturated heterocycles. The smallest absolute Gasteiger partial charge is 0.276 e. The third kappa shape index (κ3) is 2.39. The van der Waals surface area contributed by atoms with Crippen molar-refractivity contribution in [3.05, 3.63) is 42.2 Å². The number of fused-ring (bicyclic) bond motifs is 1. The summed E-state index contributed by atoms with van der Waals surface area (Å²) in [7, 11) is 0. The summed E-state index contributed by atoms with van der Waals surface area (Å²) in [6.45, 7) is 3.76. The van der Waals surface area contributed by atoms with Crippen molar-refractivity contribution in [1.82, 2.24) is 25.2 Å². The van der Waals surface area contributed by atoms with E-state index in [1.54, 1.807) is 6.20 Å². The molecule has 1 aromatic heterocycles. The van der Waals surface area contributed by atoms with E-state index < -0.39 is 0 Å². The van der Waals surface area contributed by atoms with E-state index >= 15 is 0 Å². The van der Waals surface area contributed by atoms with Gasteiger partial charge in [0.25, 0.3) is 5.91 Å². The Bertz CT molecular complexity index is 668. The molecule has 0 bridgehead atoms. The van der Waals surface area contributed by atoms with Crippen LogP contribution in [0.5, 0.6) is 0 Å². The molecule has 2 aromatic rings. The van der Waals surface area contributed by atoms with Gasteiger partial charge in [-0.3, -0.25) is 4.79 Å². The SMILES string of the molecule is O=C(c1cnn(-c2ccccc2)n1)N1CCC2CNCC2C1. The maximum absolute atomic E-state index is 12.6. The number of hydrogen-bond donors (Lipinski definition) is 1. The fourth-order valence-corrected chi connectivity index (χ4v) is 3.43. The molecule has 1 aromatic carbocycles. The largest absolute Gasteiger partial charge is 0.337 e. The highest BCUT2D eigenvalue weighted by Crippen LogP contribution is 2.27. The molecule has 6 heteroatoms. The minimum absolute atomic E-state index is 0.00692. The summed E-state index contributed by atoms with van der Waals surface area (Å²) in [6, 6.07) is 9.64. The third-order valence-corrected chi connectivity index (χ3v) is 4.69. The fraction of sp³-hybridized carbons (Fsp3) is 0.438. The first-order valence-corrected chi connectivity index (χ1v) is 7.79. The molecule has 6 nitrogen and oxygen atoms in total. The number of hydrogen-bond acceptors (Lipinski definition) is 4. The number of para-hydroxylation sites is 1. The second kappa shape index (κ2) is 5.53. The first kappa shape index (κ1) is 13.5. The van der Waals surface area contributed by atoms with Gasteiger partial charge in [-0.25, -0.2) is 0 Å². The molecular weight excluding hydrogens is 278 g/mol. The maximum atomic E-state index is 12.6. The van der Waals surface area contributed by atoms with Crippen LogP contribution in [0, 0.1) is 11.8 Å². The predicted molar refractivity (Wildman–Crippen MR) is 81.7 cm³/mol. The summed E-state index contributed by atoms with van der Waals surface area (Å²) in [5.41, 5.74) is 1.29. The highest BCUT2D eigenvalue weighted by Gasteiger charge is 2.35. The molecule has 2 aliphatic heterocycles. The van der Waals surface area contributed by atoms with Crippen molar-refractivity contribution >= 4 is 5.91 Å². The van der Waals surface area contributed by atoms with Crippen molar-refractivity contribution in [3.63, 3.8) is 0 Å². The number of piperidine rings is 1. The zero-order valence-electron chi connectivity index (χ0n) is 12.4. The number of rotatable bonds is 2. The van der Waals surface area contributed by atoms with Crippen LogP contribution < -0.4 is 5.32 Å². The Balaban J connectivity index is 1.50. The van der Waals surface area contributed by atoms with Gasteiger partial charge in [0, 0.05) is 13.1 Å². The number of carbonyl (C=O) groups is 1. The minimum Gasteiger partial charge on any atom is -0.337 e. The molecule has 3 heterocycles. The van der Waals surface area contributed by atoms with Crippen LogP contribution in [0.15, 0.2) is 36.5 Å². The Morgan fingerprint density at radius 1 is 1.18 bits per heavy atom. The Morgan fingerprint density at radius 2 is 2.00 bits per heavy atom. The lowest BCUT2D eigenvalue weighted by Crippen LogP contribution is -2.43. The van der Waals surface area contributed by atoms with Crippen molar-refractivity contribution in [2.75, 3.05) is 26.2 Å². The molecule has 2 aliphatic rings. The van der Waals surface area contributed by atoms with Crippen molar-refractivity contribution in [2.24, 2.45) is 11.8 Å². The number of amides is 1. The summed E-state index contributed by atoms with van der Waals surface area (Å²) in [4.78, 5) is 16.1. The maximum Gasteiger partial charge on any atom is 0.276 e. The van der Waals surface area contributed by atoms with Gasteiger partial charge < -0.3 is 10.2 Å². The number of aromatic nitrogens is 3. The lowest BCUT2D eigenvalue weighted by atomic mass is 9.88. The Hall–Kier alpha value is -2.21. The summed E-state index contributed by atoms with van der Waals surface area (Å²) in [5, 5.41) is 12.0. The fourth-order valence-electron chi connectivity index (χ4n) is 3.43. The lowest BCUT2D eigenvalue weighted by molar-refractivity contribution is 0.0636. The molecule has 2 fully saturated rings. The van der Waals surface area contributed by atoms with Crippen molar-refractivity contribution in [3.8, 4) is 5.69 Å². The van der Waals surface area contributed by atoms with E-state index in [0.29, 0.717) is 11.6 Å². The van der Waals surface area contributed by atoms with Gasteiger partial charge in [-0.1, -0.05) is 18.2 Å². The van der Waals surface area contributed by atoms with Crippen LogP contribution in [0.2, 0.25) is 0 Å². The molecule has 0 aliphatic carbocycles. The number of carbonyl (C=O) groups excluding carboxylic acids is 1. The summed E-state index contributed by atoms with van der Waals surface area (Å²) in [5.74, 6) is 1.30. The molecule has 4 rings (SSSR count).